The maximum atomic E-state index is 11.9. The summed E-state index contributed by atoms with van der Waals surface area (Å²) in [5.74, 6) is 0.243. The van der Waals surface area contributed by atoms with Gasteiger partial charge in [-0.2, -0.15) is 0 Å². The van der Waals surface area contributed by atoms with Gasteiger partial charge in [0.1, 0.15) is 0 Å². The van der Waals surface area contributed by atoms with Crippen LogP contribution in [0.2, 0.25) is 0 Å². The second kappa shape index (κ2) is 6.87. The zero-order valence-electron chi connectivity index (χ0n) is 12.0. The van der Waals surface area contributed by atoms with Crippen LogP contribution in [0.4, 0.5) is 0 Å². The molecular formula is C13H28N2O2S. The third-order valence-electron chi connectivity index (χ3n) is 3.16. The molecule has 18 heavy (non-hydrogen) atoms. The molecule has 4 nitrogen and oxygen atoms in total. The lowest BCUT2D eigenvalue weighted by atomic mass is 10.0. The van der Waals surface area contributed by atoms with Gasteiger partial charge in [0.05, 0.1) is 5.75 Å². The molecule has 0 amide bonds. The highest BCUT2D eigenvalue weighted by Gasteiger charge is 2.23. The molecule has 0 unspecified atom stereocenters. The minimum Gasteiger partial charge on any atom is -0.314 e. The molecule has 108 valence electrons. The summed E-state index contributed by atoms with van der Waals surface area (Å²) >= 11 is 0. The van der Waals surface area contributed by atoms with E-state index in [2.05, 4.69) is 17.0 Å². The number of sulfonamides is 1. The van der Waals surface area contributed by atoms with Gasteiger partial charge >= 0.3 is 0 Å². The average Bonchev–Trinajstić information content (AvgIpc) is 2.98. The molecule has 0 aromatic heterocycles. The monoisotopic (exact) mass is 276 g/mol. The fourth-order valence-electron chi connectivity index (χ4n) is 2.16. The van der Waals surface area contributed by atoms with Crippen LogP contribution in [0.1, 0.15) is 59.3 Å². The molecule has 0 aromatic carbocycles. The quantitative estimate of drug-likeness (QED) is 0.600. The Morgan fingerprint density at radius 3 is 2.44 bits per heavy atom. The molecule has 0 heterocycles. The Bertz CT molecular complexity index is 335. The summed E-state index contributed by atoms with van der Waals surface area (Å²) in [5, 5.41) is 3.40. The summed E-state index contributed by atoms with van der Waals surface area (Å²) in [7, 11) is -3.12. The van der Waals surface area contributed by atoms with Crippen LogP contribution in [0.5, 0.6) is 0 Å². The molecule has 0 atom stereocenters. The molecule has 5 heteroatoms. The summed E-state index contributed by atoms with van der Waals surface area (Å²) in [4.78, 5) is 0. The Morgan fingerprint density at radius 1 is 1.22 bits per heavy atom. The van der Waals surface area contributed by atoms with Crippen LogP contribution in [-0.2, 0) is 10.0 Å². The molecule has 1 aliphatic carbocycles. The van der Waals surface area contributed by atoms with Crippen molar-refractivity contribution in [2.45, 2.75) is 70.9 Å². The molecule has 0 radical (unpaired) electrons. The Morgan fingerprint density at radius 2 is 1.89 bits per heavy atom. The first-order chi connectivity index (χ1) is 8.35. The van der Waals surface area contributed by atoms with E-state index >= 15 is 0 Å². The number of unbranched alkanes of at least 4 members (excludes halogenated alkanes) is 1. The molecule has 2 N–H and O–H groups in total. The largest absolute Gasteiger partial charge is 0.314 e. The SMILES string of the molecule is CCCC(C)(C)NS(=O)(=O)CCCCNC1CC1. The van der Waals surface area contributed by atoms with Crippen molar-refractivity contribution in [3.8, 4) is 0 Å². The van der Waals surface area contributed by atoms with Crippen molar-refractivity contribution >= 4 is 10.0 Å². The van der Waals surface area contributed by atoms with Crippen molar-refractivity contribution in [1.29, 1.82) is 0 Å². The minimum absolute atomic E-state index is 0.243. The van der Waals surface area contributed by atoms with E-state index in [4.69, 9.17) is 0 Å². The Kier molecular flexibility index (Phi) is 6.08. The number of hydrogen-bond donors (Lipinski definition) is 2. The van der Waals surface area contributed by atoms with Gasteiger partial charge in [-0.05, 0) is 52.5 Å². The van der Waals surface area contributed by atoms with Gasteiger partial charge in [-0.1, -0.05) is 13.3 Å². The zero-order valence-corrected chi connectivity index (χ0v) is 12.8. The van der Waals surface area contributed by atoms with Gasteiger partial charge in [0.15, 0.2) is 0 Å². The average molecular weight is 276 g/mol. The van der Waals surface area contributed by atoms with Crippen molar-refractivity contribution in [2.75, 3.05) is 12.3 Å². The smallest absolute Gasteiger partial charge is 0.212 e. The molecule has 1 fully saturated rings. The number of nitrogens with one attached hydrogen (secondary N) is 2. The van der Waals surface area contributed by atoms with Crippen molar-refractivity contribution in [1.82, 2.24) is 10.0 Å². The van der Waals surface area contributed by atoms with Crippen molar-refractivity contribution in [3.63, 3.8) is 0 Å². The normalized spacial score (nSPS) is 17.1. The molecule has 0 aromatic rings. The predicted octanol–water partition coefficient (Wildman–Crippen LogP) is 2.02. The molecule has 0 spiro atoms. The van der Waals surface area contributed by atoms with Crippen molar-refractivity contribution < 1.29 is 8.42 Å². The third-order valence-corrected chi connectivity index (χ3v) is 4.85. The fraction of sp³-hybridized carbons (Fsp3) is 1.00. The van der Waals surface area contributed by atoms with E-state index in [9.17, 15) is 8.42 Å². The van der Waals surface area contributed by atoms with E-state index in [0.29, 0.717) is 6.04 Å². The van der Waals surface area contributed by atoms with Crippen LogP contribution in [0.15, 0.2) is 0 Å². The second-order valence-electron chi connectivity index (χ2n) is 5.99. The van der Waals surface area contributed by atoms with E-state index in [-0.39, 0.29) is 11.3 Å². The van der Waals surface area contributed by atoms with E-state index in [0.717, 1.165) is 32.2 Å². The van der Waals surface area contributed by atoms with Crippen molar-refractivity contribution in [3.05, 3.63) is 0 Å². The molecule has 0 saturated heterocycles. The number of rotatable bonds is 10. The molecule has 1 saturated carbocycles. The van der Waals surface area contributed by atoms with E-state index in [1.54, 1.807) is 0 Å². The van der Waals surface area contributed by atoms with Crippen LogP contribution >= 0.6 is 0 Å². The van der Waals surface area contributed by atoms with E-state index in [1.165, 1.54) is 12.8 Å². The summed E-state index contributed by atoms with van der Waals surface area (Å²) in [6.45, 7) is 6.91. The lowest BCUT2D eigenvalue weighted by molar-refractivity contribution is 0.417. The molecule has 1 rings (SSSR count). The first kappa shape index (κ1) is 15.9. The Balaban J connectivity index is 2.17. The van der Waals surface area contributed by atoms with Gasteiger partial charge in [0.25, 0.3) is 0 Å². The van der Waals surface area contributed by atoms with Gasteiger partial charge in [0.2, 0.25) is 10.0 Å². The lowest BCUT2D eigenvalue weighted by Gasteiger charge is -2.25. The van der Waals surface area contributed by atoms with E-state index < -0.39 is 10.0 Å². The third kappa shape index (κ3) is 7.34. The maximum Gasteiger partial charge on any atom is 0.212 e. The van der Waals surface area contributed by atoms with Gasteiger partial charge < -0.3 is 5.32 Å². The number of hydrogen-bond acceptors (Lipinski definition) is 3. The van der Waals surface area contributed by atoms with Gasteiger partial charge in [-0.3, -0.25) is 0 Å². The van der Waals surface area contributed by atoms with E-state index in [1.807, 2.05) is 13.8 Å². The summed E-state index contributed by atoms with van der Waals surface area (Å²) < 4.78 is 26.6. The topological polar surface area (TPSA) is 58.2 Å². The van der Waals surface area contributed by atoms with Crippen LogP contribution < -0.4 is 10.0 Å². The maximum absolute atomic E-state index is 11.9. The standard InChI is InChI=1S/C13H28N2O2S/c1-4-9-13(2,3)15-18(16,17)11-6-5-10-14-12-7-8-12/h12,14-15H,4-11H2,1-3H3. The van der Waals surface area contributed by atoms with Crippen molar-refractivity contribution in [2.24, 2.45) is 0 Å². The summed E-state index contributed by atoms with van der Waals surface area (Å²) in [6.07, 6.45) is 6.09. The van der Waals surface area contributed by atoms with Crippen LogP contribution in [0.25, 0.3) is 0 Å². The van der Waals surface area contributed by atoms with Crippen LogP contribution in [0, 0.1) is 0 Å². The zero-order chi connectivity index (χ0) is 13.6. The lowest BCUT2D eigenvalue weighted by Crippen LogP contribution is -2.44. The van der Waals surface area contributed by atoms with Crippen LogP contribution in [0.3, 0.4) is 0 Å². The minimum atomic E-state index is -3.12. The first-order valence-electron chi connectivity index (χ1n) is 7.10. The highest BCUT2D eigenvalue weighted by atomic mass is 32.2. The highest BCUT2D eigenvalue weighted by Crippen LogP contribution is 2.18. The van der Waals surface area contributed by atoms with Gasteiger partial charge in [0, 0.05) is 11.6 Å². The molecular weight excluding hydrogens is 248 g/mol. The fourth-order valence-corrected chi connectivity index (χ4v) is 3.79. The van der Waals surface area contributed by atoms with Crippen LogP contribution in [-0.4, -0.2) is 32.3 Å². The Labute approximate surface area is 112 Å². The van der Waals surface area contributed by atoms with Gasteiger partial charge in [-0.15, -0.1) is 0 Å². The highest BCUT2D eigenvalue weighted by molar-refractivity contribution is 7.89. The molecule has 1 aliphatic rings. The predicted molar refractivity (Wildman–Crippen MR) is 76.2 cm³/mol. The summed E-state index contributed by atoms with van der Waals surface area (Å²) in [5.41, 5.74) is -0.320. The first-order valence-corrected chi connectivity index (χ1v) is 8.75. The second-order valence-corrected chi connectivity index (χ2v) is 7.83. The molecule has 0 bridgehead atoms. The van der Waals surface area contributed by atoms with Gasteiger partial charge in [-0.25, -0.2) is 13.1 Å². The summed E-state index contributed by atoms with van der Waals surface area (Å²) in [6, 6.07) is 0.711. The molecule has 0 aliphatic heterocycles. The Hall–Kier alpha value is -0.130.